The van der Waals surface area contributed by atoms with Crippen LogP contribution in [-0.2, 0) is 36.7 Å². The zero-order chi connectivity index (χ0) is 26.2. The third-order valence-electron chi connectivity index (χ3n) is 5.61. The van der Waals surface area contributed by atoms with Crippen LogP contribution in [0.5, 0.6) is 0 Å². The fourth-order valence-corrected chi connectivity index (χ4v) is 4.46. The van der Waals surface area contributed by atoms with E-state index in [-0.39, 0.29) is 6.61 Å². The Labute approximate surface area is 219 Å². The first-order valence-corrected chi connectivity index (χ1v) is 12.8. The summed E-state index contributed by atoms with van der Waals surface area (Å²) in [4.78, 5) is 51.8. The molecule has 0 spiro atoms. The van der Waals surface area contributed by atoms with Crippen LogP contribution in [0.1, 0.15) is 34.6 Å². The number of hydrogen-bond acceptors (Lipinski definition) is 8. The van der Waals surface area contributed by atoms with Crippen LogP contribution >= 0.6 is 22.9 Å². The van der Waals surface area contributed by atoms with Crippen molar-refractivity contribution in [2.24, 2.45) is 5.92 Å². The third-order valence-corrected chi connectivity index (χ3v) is 6.84. The fourth-order valence-electron chi connectivity index (χ4n) is 3.51. The fraction of sp³-hybridized carbons (Fsp3) is 0.440. The number of carbonyl (C=O) groups is 4. The molecule has 1 aliphatic heterocycles. The lowest BCUT2D eigenvalue weighted by Crippen LogP contribution is -2.47. The van der Waals surface area contributed by atoms with Crippen LogP contribution in [0.15, 0.2) is 30.3 Å². The summed E-state index contributed by atoms with van der Waals surface area (Å²) in [6, 6.07) is 7.80. The van der Waals surface area contributed by atoms with Gasteiger partial charge in [-0.25, -0.2) is 4.79 Å². The monoisotopic (exact) mass is 535 g/mol. The molecule has 0 bridgehead atoms. The predicted octanol–water partition coefficient (Wildman–Crippen LogP) is 2.91. The number of carbonyl (C=O) groups excluding carboxylic acids is 4. The Hall–Kier alpha value is -2.79. The number of halogens is 1. The van der Waals surface area contributed by atoms with Gasteiger partial charge in [0.1, 0.15) is 12.6 Å². The summed E-state index contributed by atoms with van der Waals surface area (Å²) >= 11 is 7.00. The van der Waals surface area contributed by atoms with Crippen molar-refractivity contribution in [1.82, 2.24) is 10.2 Å². The molecule has 0 aliphatic carbocycles. The van der Waals surface area contributed by atoms with Crippen LogP contribution in [0.2, 0.25) is 4.34 Å². The van der Waals surface area contributed by atoms with Gasteiger partial charge in [-0.3, -0.25) is 14.4 Å². The van der Waals surface area contributed by atoms with Crippen molar-refractivity contribution < 1.29 is 28.7 Å². The van der Waals surface area contributed by atoms with Crippen LogP contribution in [0.3, 0.4) is 0 Å². The Morgan fingerprint density at radius 2 is 1.81 bits per heavy atom. The van der Waals surface area contributed by atoms with Crippen molar-refractivity contribution in [3.63, 3.8) is 0 Å². The lowest BCUT2D eigenvalue weighted by molar-refractivity contribution is -0.165. The molecule has 11 heteroatoms. The van der Waals surface area contributed by atoms with Gasteiger partial charge in [0.15, 0.2) is 0 Å². The lowest BCUT2D eigenvalue weighted by atomic mass is 10.0. The van der Waals surface area contributed by atoms with Gasteiger partial charge >= 0.3 is 11.9 Å². The molecule has 0 saturated carbocycles. The van der Waals surface area contributed by atoms with E-state index < -0.39 is 42.3 Å². The number of fused-ring (bicyclic) bond motifs is 1. The van der Waals surface area contributed by atoms with Gasteiger partial charge in [0.2, 0.25) is 5.91 Å². The maximum absolute atomic E-state index is 13.1. The highest BCUT2D eigenvalue weighted by Crippen LogP contribution is 2.22. The van der Waals surface area contributed by atoms with Gasteiger partial charge in [0.05, 0.1) is 21.7 Å². The zero-order valence-corrected chi connectivity index (χ0v) is 22.0. The number of rotatable bonds is 9. The van der Waals surface area contributed by atoms with Crippen LogP contribution in [-0.4, -0.2) is 68.0 Å². The van der Waals surface area contributed by atoms with E-state index in [9.17, 15) is 19.2 Å². The number of likely N-dealkylation sites (N-methyl/N-ethyl adjacent to an activating group) is 1. The number of esters is 2. The average Bonchev–Trinajstić information content (AvgIpc) is 3.18. The van der Waals surface area contributed by atoms with Crippen LogP contribution in [0.25, 0.3) is 0 Å². The number of amides is 2. The largest absolute Gasteiger partial charge is 0.391 e. The summed E-state index contributed by atoms with van der Waals surface area (Å²) in [6.45, 7) is 4.25. The van der Waals surface area contributed by atoms with Crippen molar-refractivity contribution in [2.45, 2.75) is 32.7 Å². The van der Waals surface area contributed by atoms with Gasteiger partial charge in [-0.15, -0.1) is 11.3 Å². The molecule has 1 aliphatic rings. The van der Waals surface area contributed by atoms with Crippen molar-refractivity contribution >= 4 is 52.4 Å². The van der Waals surface area contributed by atoms with E-state index in [1.807, 2.05) is 18.2 Å². The smallest absolute Gasteiger partial charge is 0.339 e. The maximum Gasteiger partial charge on any atom is 0.339 e. The number of anilines is 1. The van der Waals surface area contributed by atoms with Gasteiger partial charge in [0.25, 0.3) is 5.91 Å². The van der Waals surface area contributed by atoms with Gasteiger partial charge in [-0.2, -0.15) is 0 Å². The van der Waals surface area contributed by atoms with E-state index in [4.69, 9.17) is 16.3 Å². The predicted molar refractivity (Wildman–Crippen MR) is 137 cm³/mol. The van der Waals surface area contributed by atoms with E-state index >= 15 is 0 Å². The summed E-state index contributed by atoms with van der Waals surface area (Å²) in [5.74, 6) is -3.03. The minimum atomic E-state index is -1.11. The highest BCUT2D eigenvalue weighted by Gasteiger charge is 2.24. The van der Waals surface area contributed by atoms with Crippen molar-refractivity contribution in [1.29, 1.82) is 0 Å². The number of nitrogens with zero attached hydrogens (tertiary/aromatic N) is 1. The molecule has 1 aromatic heterocycles. The molecule has 1 atom stereocenters. The standard InChI is InChI=1S/C25H30ClN3O6S/c1-15(2)25(33)35-22(30)14-34-13-19(28-24(32)20-6-7-21(26)36-20)23(31)27-18-5-4-16-8-10-29(3)11-9-17(16)12-18/h4-7,12,15,19H,8-11,13-14H2,1-3H3,(H,27,31)(H,28,32). The first-order chi connectivity index (χ1) is 17.1. The van der Waals surface area contributed by atoms with Gasteiger partial charge in [0, 0.05) is 18.8 Å². The van der Waals surface area contributed by atoms with Crippen LogP contribution < -0.4 is 10.6 Å². The topological polar surface area (TPSA) is 114 Å². The highest BCUT2D eigenvalue weighted by molar-refractivity contribution is 7.18. The molecule has 0 fully saturated rings. The van der Waals surface area contributed by atoms with E-state index in [1.165, 1.54) is 11.1 Å². The molecule has 0 radical (unpaired) electrons. The van der Waals surface area contributed by atoms with E-state index in [0.29, 0.717) is 14.9 Å². The molecule has 1 aromatic carbocycles. The van der Waals surface area contributed by atoms with Crippen LogP contribution in [0.4, 0.5) is 5.69 Å². The summed E-state index contributed by atoms with van der Waals surface area (Å²) < 4.78 is 10.4. The SMILES string of the molecule is CC(C)C(=O)OC(=O)COCC(NC(=O)c1ccc(Cl)s1)C(=O)Nc1ccc2c(c1)CCN(C)CC2. The minimum absolute atomic E-state index is 0.308. The molecule has 2 aromatic rings. The van der Waals surface area contributed by atoms with Crippen LogP contribution in [0, 0.1) is 5.92 Å². The van der Waals surface area contributed by atoms with Crippen molar-refractivity contribution in [3.05, 3.63) is 50.7 Å². The Bertz CT molecular complexity index is 1120. The molecule has 3 rings (SSSR count). The summed E-state index contributed by atoms with van der Waals surface area (Å²) in [5, 5.41) is 5.46. The molecule has 2 N–H and O–H groups in total. The van der Waals surface area contributed by atoms with Crippen molar-refractivity contribution in [2.75, 3.05) is 38.7 Å². The number of thiophene rings is 1. The molecule has 2 amide bonds. The first kappa shape index (κ1) is 27.8. The maximum atomic E-state index is 13.1. The molecular weight excluding hydrogens is 506 g/mol. The quantitative estimate of drug-likeness (QED) is 0.375. The molecule has 2 heterocycles. The normalized spacial score (nSPS) is 14.5. The summed E-state index contributed by atoms with van der Waals surface area (Å²) in [5.41, 5.74) is 3.01. The third kappa shape index (κ3) is 8.12. The molecule has 36 heavy (non-hydrogen) atoms. The molecule has 0 saturated heterocycles. The molecule has 1 unspecified atom stereocenters. The van der Waals surface area contributed by atoms with Crippen molar-refractivity contribution in [3.8, 4) is 0 Å². The summed E-state index contributed by atoms with van der Waals surface area (Å²) in [7, 11) is 2.08. The van der Waals surface area contributed by atoms with E-state index in [2.05, 4.69) is 27.3 Å². The minimum Gasteiger partial charge on any atom is -0.391 e. The van der Waals surface area contributed by atoms with Gasteiger partial charge < -0.3 is 25.0 Å². The Kier molecular flexibility index (Phi) is 10.0. The second-order valence-corrected chi connectivity index (χ2v) is 10.6. The van der Waals surface area contributed by atoms with Gasteiger partial charge in [-0.1, -0.05) is 31.5 Å². The molecule has 194 valence electrons. The second kappa shape index (κ2) is 13.0. The van der Waals surface area contributed by atoms with E-state index in [1.54, 1.807) is 26.0 Å². The Morgan fingerprint density at radius 3 is 2.47 bits per heavy atom. The Morgan fingerprint density at radius 1 is 1.08 bits per heavy atom. The second-order valence-electron chi connectivity index (χ2n) is 8.87. The van der Waals surface area contributed by atoms with Gasteiger partial charge in [-0.05, 0) is 55.3 Å². The number of hydrogen-bond donors (Lipinski definition) is 2. The van der Waals surface area contributed by atoms with E-state index in [0.717, 1.165) is 37.3 Å². The summed E-state index contributed by atoms with van der Waals surface area (Å²) in [6.07, 6.45) is 1.81. The first-order valence-electron chi connectivity index (χ1n) is 11.6. The zero-order valence-electron chi connectivity index (χ0n) is 20.5. The highest BCUT2D eigenvalue weighted by atomic mass is 35.5. The average molecular weight is 536 g/mol. The number of nitrogens with one attached hydrogen (secondary N) is 2. The lowest BCUT2D eigenvalue weighted by Gasteiger charge is -2.19. The number of benzene rings is 1. The Balaban J connectivity index is 1.66. The molecule has 9 nitrogen and oxygen atoms in total. The number of ether oxygens (including phenoxy) is 2. The molecular formula is C25H30ClN3O6S.